The third kappa shape index (κ3) is 4.22. The lowest BCUT2D eigenvalue weighted by Gasteiger charge is -2.30. The second-order valence-electron chi connectivity index (χ2n) is 4.05. The lowest BCUT2D eigenvalue weighted by atomic mass is 9.76. The van der Waals surface area contributed by atoms with E-state index in [9.17, 15) is 4.57 Å². The first-order chi connectivity index (χ1) is 6.14. The van der Waals surface area contributed by atoms with Crippen molar-refractivity contribution < 1.29 is 4.57 Å². The summed E-state index contributed by atoms with van der Waals surface area (Å²) in [5.41, 5.74) is 0.850. The first kappa shape index (κ1) is 13.1. The molecular formula is C11H23OP. The summed E-state index contributed by atoms with van der Waals surface area (Å²) in [5.74, 6) is 0. The highest BCUT2D eigenvalue weighted by Crippen LogP contribution is 2.36. The third-order valence-corrected chi connectivity index (χ3v) is 4.14. The minimum Gasteiger partial charge on any atom is -0.275 e. The van der Waals surface area contributed by atoms with Gasteiger partial charge in [-0.25, -0.2) is 0 Å². The van der Waals surface area contributed by atoms with Crippen molar-refractivity contribution in [2.45, 2.75) is 65.5 Å². The second kappa shape index (κ2) is 6.54. The van der Waals surface area contributed by atoms with E-state index in [4.69, 9.17) is 0 Å². The molecule has 0 radical (unpaired) electrons. The zero-order valence-electron chi connectivity index (χ0n) is 9.47. The molecule has 0 aliphatic rings. The van der Waals surface area contributed by atoms with E-state index in [0.717, 1.165) is 6.42 Å². The Hall–Kier alpha value is 0.100. The van der Waals surface area contributed by atoms with E-state index < -0.39 is 0 Å². The van der Waals surface area contributed by atoms with Gasteiger partial charge >= 0.3 is 0 Å². The van der Waals surface area contributed by atoms with Gasteiger partial charge in [0.05, 0.1) is 0 Å². The van der Waals surface area contributed by atoms with E-state index in [1.54, 1.807) is 0 Å². The molecule has 0 aliphatic heterocycles. The van der Waals surface area contributed by atoms with Crippen LogP contribution in [0.15, 0.2) is 0 Å². The summed E-state index contributed by atoms with van der Waals surface area (Å²) in [5, 5.41) is 0. The maximum absolute atomic E-state index is 10.6. The van der Waals surface area contributed by atoms with Gasteiger partial charge in [0.1, 0.15) is 0 Å². The average molecular weight is 202 g/mol. The number of hydrogen-bond donors (Lipinski definition) is 0. The van der Waals surface area contributed by atoms with Gasteiger partial charge in [-0.1, -0.05) is 47.0 Å². The Bertz CT molecular complexity index is 133. The highest BCUT2D eigenvalue weighted by atomic mass is 31.1. The zero-order valence-corrected chi connectivity index (χ0v) is 10.4. The van der Waals surface area contributed by atoms with Crippen molar-refractivity contribution in [1.82, 2.24) is 0 Å². The van der Waals surface area contributed by atoms with Crippen LogP contribution in [0.4, 0.5) is 0 Å². The van der Waals surface area contributed by atoms with Gasteiger partial charge in [0.2, 0.25) is 0 Å². The predicted octanol–water partition coefficient (Wildman–Crippen LogP) is 4.66. The lowest BCUT2D eigenvalue weighted by molar-refractivity contribution is 0.223. The molecule has 0 fully saturated rings. The summed E-state index contributed by atoms with van der Waals surface area (Å²) in [4.78, 5) is 0. The van der Waals surface area contributed by atoms with Crippen molar-refractivity contribution in [2.24, 2.45) is 5.41 Å². The zero-order chi connectivity index (χ0) is 10.3. The largest absolute Gasteiger partial charge is 0.275 e. The number of rotatable bonds is 7. The standard InChI is InChI=1S/C11H23OP/c1-5-11(6-2,7-3)9-8-10(4)13-12/h10H,5-9H2,1-4H3. The van der Waals surface area contributed by atoms with Crippen LogP contribution in [0.2, 0.25) is 0 Å². The first-order valence-corrected chi connectivity index (χ1v) is 6.34. The quantitative estimate of drug-likeness (QED) is 0.548. The molecule has 0 N–H and O–H groups in total. The Labute approximate surface area is 84.5 Å². The van der Waals surface area contributed by atoms with Crippen molar-refractivity contribution in [3.63, 3.8) is 0 Å². The van der Waals surface area contributed by atoms with Gasteiger partial charge in [-0.05, 0) is 18.3 Å². The number of hydrogen-bond acceptors (Lipinski definition) is 1. The molecule has 0 aromatic heterocycles. The molecule has 0 aromatic rings. The summed E-state index contributed by atoms with van der Waals surface area (Å²) in [6, 6.07) is 0. The van der Waals surface area contributed by atoms with E-state index in [-0.39, 0.29) is 0 Å². The first-order valence-electron chi connectivity index (χ1n) is 5.46. The minimum absolute atomic E-state index is 0.309. The Morgan fingerprint density at radius 3 is 1.92 bits per heavy atom. The topological polar surface area (TPSA) is 17.1 Å². The van der Waals surface area contributed by atoms with Crippen molar-refractivity contribution >= 4 is 8.46 Å². The van der Waals surface area contributed by atoms with Gasteiger partial charge in [-0.15, -0.1) is 0 Å². The summed E-state index contributed by atoms with van der Waals surface area (Å²) >= 11 is 0. The van der Waals surface area contributed by atoms with Crippen molar-refractivity contribution in [3.05, 3.63) is 0 Å². The third-order valence-electron chi connectivity index (χ3n) is 3.52. The van der Waals surface area contributed by atoms with E-state index >= 15 is 0 Å². The van der Waals surface area contributed by atoms with E-state index in [1.165, 1.54) is 25.7 Å². The van der Waals surface area contributed by atoms with Gasteiger partial charge in [-0.2, -0.15) is 0 Å². The maximum atomic E-state index is 10.6. The van der Waals surface area contributed by atoms with Crippen LogP contribution >= 0.6 is 8.46 Å². The maximum Gasteiger partial charge on any atom is 0.158 e. The van der Waals surface area contributed by atoms with Crippen LogP contribution in [-0.4, -0.2) is 5.66 Å². The Morgan fingerprint density at radius 1 is 1.15 bits per heavy atom. The molecule has 0 aromatic carbocycles. The highest BCUT2D eigenvalue weighted by molar-refractivity contribution is 7.24. The molecular weight excluding hydrogens is 179 g/mol. The Morgan fingerprint density at radius 2 is 1.62 bits per heavy atom. The Kier molecular flexibility index (Phi) is 6.59. The van der Waals surface area contributed by atoms with Gasteiger partial charge in [0, 0.05) is 5.66 Å². The van der Waals surface area contributed by atoms with Crippen LogP contribution in [0.1, 0.15) is 59.8 Å². The fourth-order valence-corrected chi connectivity index (χ4v) is 2.08. The molecule has 1 atom stereocenters. The molecule has 0 bridgehead atoms. The summed E-state index contributed by atoms with van der Waals surface area (Å²) in [7, 11) is 0.309. The molecule has 0 saturated carbocycles. The molecule has 0 heterocycles. The van der Waals surface area contributed by atoms with Gasteiger partial charge < -0.3 is 0 Å². The predicted molar refractivity (Wildman–Crippen MR) is 59.6 cm³/mol. The monoisotopic (exact) mass is 202 g/mol. The summed E-state index contributed by atoms with van der Waals surface area (Å²) in [6.45, 7) is 8.87. The molecule has 0 rings (SSSR count). The molecule has 2 heteroatoms. The van der Waals surface area contributed by atoms with Crippen LogP contribution < -0.4 is 0 Å². The molecule has 78 valence electrons. The average Bonchev–Trinajstić information content (AvgIpc) is 2.20. The summed E-state index contributed by atoms with van der Waals surface area (Å²) < 4.78 is 10.6. The van der Waals surface area contributed by atoms with Crippen molar-refractivity contribution in [2.75, 3.05) is 0 Å². The van der Waals surface area contributed by atoms with Crippen LogP contribution in [-0.2, 0) is 4.57 Å². The van der Waals surface area contributed by atoms with Crippen LogP contribution in [0, 0.1) is 5.41 Å². The molecule has 0 spiro atoms. The lowest BCUT2D eigenvalue weighted by Crippen LogP contribution is -2.18. The van der Waals surface area contributed by atoms with E-state index in [2.05, 4.69) is 27.7 Å². The second-order valence-corrected chi connectivity index (χ2v) is 5.15. The molecule has 13 heavy (non-hydrogen) atoms. The van der Waals surface area contributed by atoms with Crippen LogP contribution in [0.3, 0.4) is 0 Å². The molecule has 0 saturated heterocycles. The van der Waals surface area contributed by atoms with Crippen molar-refractivity contribution in [3.8, 4) is 0 Å². The van der Waals surface area contributed by atoms with Gasteiger partial charge in [0.25, 0.3) is 0 Å². The fourth-order valence-electron chi connectivity index (χ4n) is 1.85. The fraction of sp³-hybridized carbons (Fsp3) is 1.00. The van der Waals surface area contributed by atoms with Crippen LogP contribution in [0.25, 0.3) is 0 Å². The SMILES string of the molecule is CCC(CC)(CC)CCC(C)P=O. The smallest absolute Gasteiger partial charge is 0.158 e. The minimum atomic E-state index is 0.309. The molecule has 0 amide bonds. The Balaban J connectivity index is 4.02. The van der Waals surface area contributed by atoms with E-state index in [0.29, 0.717) is 19.5 Å². The summed E-state index contributed by atoms with van der Waals surface area (Å²) in [6.07, 6.45) is 6.08. The molecule has 1 unspecified atom stereocenters. The van der Waals surface area contributed by atoms with Gasteiger partial charge in [0.15, 0.2) is 8.46 Å². The highest BCUT2D eigenvalue weighted by Gasteiger charge is 2.23. The normalized spacial score (nSPS) is 14.8. The molecule has 0 aliphatic carbocycles. The van der Waals surface area contributed by atoms with Gasteiger partial charge in [-0.3, -0.25) is 4.57 Å². The van der Waals surface area contributed by atoms with Crippen molar-refractivity contribution in [1.29, 1.82) is 0 Å². The van der Waals surface area contributed by atoms with Crippen LogP contribution in [0.5, 0.6) is 0 Å². The van der Waals surface area contributed by atoms with E-state index in [1.807, 2.05) is 0 Å². The molecule has 1 nitrogen and oxygen atoms in total.